The van der Waals surface area contributed by atoms with Crippen molar-refractivity contribution in [2.24, 2.45) is 7.05 Å². The summed E-state index contributed by atoms with van der Waals surface area (Å²) < 4.78 is 46.5. The van der Waals surface area contributed by atoms with Gasteiger partial charge in [0.25, 0.3) is 0 Å². The summed E-state index contributed by atoms with van der Waals surface area (Å²) >= 11 is 0. The standard InChI is InChI=1S/C16H21F3N6O/c1-4-20-13-10(16(17,18)19)9-21-14(23-13)22-12-8-11(24-25(12)3)15(2)6-5-7-26-15/h8-9H,4-7H2,1-3H3,(H2,20,21,22,23)/t15-/m1/s1. The Morgan fingerprint density at radius 3 is 2.77 bits per heavy atom. The molecule has 1 aliphatic rings. The molecule has 0 bridgehead atoms. The minimum Gasteiger partial charge on any atom is -0.370 e. The fourth-order valence-corrected chi connectivity index (χ4v) is 2.89. The molecule has 2 aromatic heterocycles. The number of ether oxygens (including phenoxy) is 1. The second-order valence-electron chi connectivity index (χ2n) is 6.33. The van der Waals surface area contributed by atoms with Crippen LogP contribution < -0.4 is 10.6 Å². The van der Waals surface area contributed by atoms with E-state index >= 15 is 0 Å². The third-order valence-electron chi connectivity index (χ3n) is 4.32. The Morgan fingerprint density at radius 2 is 2.15 bits per heavy atom. The number of hydrogen-bond donors (Lipinski definition) is 2. The molecule has 10 heteroatoms. The molecule has 1 fully saturated rings. The molecule has 7 nitrogen and oxygen atoms in total. The van der Waals surface area contributed by atoms with Crippen LogP contribution in [-0.2, 0) is 23.6 Å². The number of nitrogens with zero attached hydrogens (tertiary/aromatic N) is 4. The van der Waals surface area contributed by atoms with Gasteiger partial charge in [-0.15, -0.1) is 0 Å². The average Bonchev–Trinajstić information content (AvgIpc) is 3.15. The van der Waals surface area contributed by atoms with E-state index in [4.69, 9.17) is 4.74 Å². The second kappa shape index (κ2) is 6.75. The fourth-order valence-electron chi connectivity index (χ4n) is 2.89. The summed E-state index contributed by atoms with van der Waals surface area (Å²) in [6, 6.07) is 1.80. The van der Waals surface area contributed by atoms with Crippen LogP contribution >= 0.6 is 0 Å². The van der Waals surface area contributed by atoms with Crippen LogP contribution in [0.1, 0.15) is 37.9 Å². The molecule has 1 saturated heterocycles. The zero-order valence-electron chi connectivity index (χ0n) is 14.8. The Hall–Kier alpha value is -2.36. The molecule has 26 heavy (non-hydrogen) atoms. The molecular formula is C16H21F3N6O. The summed E-state index contributed by atoms with van der Waals surface area (Å²) in [6.07, 6.45) is -1.93. The van der Waals surface area contributed by atoms with Crippen LogP contribution in [-0.4, -0.2) is 32.9 Å². The monoisotopic (exact) mass is 370 g/mol. The van der Waals surface area contributed by atoms with Gasteiger partial charge in [-0.2, -0.15) is 23.3 Å². The van der Waals surface area contributed by atoms with E-state index < -0.39 is 17.3 Å². The lowest BCUT2D eigenvalue weighted by Gasteiger charge is -2.19. The van der Waals surface area contributed by atoms with Crippen molar-refractivity contribution in [3.63, 3.8) is 0 Å². The molecule has 0 radical (unpaired) electrons. The predicted molar refractivity (Wildman–Crippen MR) is 90.2 cm³/mol. The predicted octanol–water partition coefficient (Wildman–Crippen LogP) is 3.43. The number of hydrogen-bond acceptors (Lipinski definition) is 6. The van der Waals surface area contributed by atoms with Crippen molar-refractivity contribution in [1.29, 1.82) is 0 Å². The van der Waals surface area contributed by atoms with Gasteiger partial charge in [-0.3, -0.25) is 4.68 Å². The van der Waals surface area contributed by atoms with E-state index in [9.17, 15) is 13.2 Å². The maximum absolute atomic E-state index is 13.0. The van der Waals surface area contributed by atoms with Crippen molar-refractivity contribution < 1.29 is 17.9 Å². The van der Waals surface area contributed by atoms with E-state index in [2.05, 4.69) is 25.7 Å². The Balaban J connectivity index is 1.87. The van der Waals surface area contributed by atoms with Crippen LogP contribution in [0, 0.1) is 0 Å². The molecule has 0 amide bonds. The van der Waals surface area contributed by atoms with Crippen molar-refractivity contribution in [3.8, 4) is 0 Å². The number of nitrogens with one attached hydrogen (secondary N) is 2. The lowest BCUT2D eigenvalue weighted by atomic mass is 9.99. The maximum atomic E-state index is 13.0. The van der Waals surface area contributed by atoms with E-state index in [1.54, 1.807) is 24.7 Å². The number of halogens is 3. The zero-order chi connectivity index (χ0) is 18.9. The summed E-state index contributed by atoms with van der Waals surface area (Å²) in [5.41, 5.74) is -0.588. The van der Waals surface area contributed by atoms with Crippen molar-refractivity contribution in [2.45, 2.75) is 38.5 Å². The molecule has 1 aliphatic heterocycles. The van der Waals surface area contributed by atoms with E-state index in [1.807, 2.05) is 6.92 Å². The number of rotatable bonds is 5. The number of anilines is 3. The highest BCUT2D eigenvalue weighted by Gasteiger charge is 2.36. The quantitative estimate of drug-likeness (QED) is 0.840. The van der Waals surface area contributed by atoms with Crippen LogP contribution in [0.5, 0.6) is 0 Å². The minimum atomic E-state index is -4.52. The van der Waals surface area contributed by atoms with Gasteiger partial charge in [-0.25, -0.2) is 4.98 Å². The largest absolute Gasteiger partial charge is 0.421 e. The van der Waals surface area contributed by atoms with Gasteiger partial charge in [-0.1, -0.05) is 0 Å². The van der Waals surface area contributed by atoms with E-state index in [1.165, 1.54) is 0 Å². The molecule has 2 N–H and O–H groups in total. The summed E-state index contributed by atoms with van der Waals surface area (Å²) in [6.45, 7) is 4.67. The third kappa shape index (κ3) is 3.59. The van der Waals surface area contributed by atoms with Crippen LogP contribution in [0.3, 0.4) is 0 Å². The zero-order valence-corrected chi connectivity index (χ0v) is 14.8. The van der Waals surface area contributed by atoms with Crippen molar-refractivity contribution in [2.75, 3.05) is 23.8 Å². The van der Waals surface area contributed by atoms with Gasteiger partial charge in [0.05, 0.1) is 5.69 Å². The average molecular weight is 370 g/mol. The Morgan fingerprint density at radius 1 is 1.38 bits per heavy atom. The summed E-state index contributed by atoms with van der Waals surface area (Å²) in [5, 5.41) is 10.0. The first-order valence-corrected chi connectivity index (χ1v) is 8.36. The van der Waals surface area contributed by atoms with Gasteiger partial charge in [0.1, 0.15) is 22.8 Å². The topological polar surface area (TPSA) is 76.9 Å². The first-order chi connectivity index (χ1) is 12.2. The van der Waals surface area contributed by atoms with Crippen LogP contribution in [0.25, 0.3) is 0 Å². The first kappa shape index (κ1) is 18.4. The molecule has 0 spiro atoms. The van der Waals surface area contributed by atoms with Crippen molar-refractivity contribution >= 4 is 17.6 Å². The molecule has 0 unspecified atom stereocenters. The van der Waals surface area contributed by atoms with Crippen LogP contribution in [0.15, 0.2) is 12.3 Å². The molecule has 3 rings (SSSR count). The SMILES string of the molecule is CCNc1nc(Nc2cc([C@@]3(C)CCCO3)nn2C)ncc1C(F)(F)F. The molecule has 1 atom stereocenters. The smallest absolute Gasteiger partial charge is 0.370 e. The highest BCUT2D eigenvalue weighted by Crippen LogP contribution is 2.36. The second-order valence-corrected chi connectivity index (χ2v) is 6.33. The molecule has 0 aromatic carbocycles. The highest BCUT2D eigenvalue weighted by atomic mass is 19.4. The Labute approximate surface area is 149 Å². The summed E-state index contributed by atoms with van der Waals surface area (Å²) in [5.74, 6) is 0.367. The van der Waals surface area contributed by atoms with Crippen molar-refractivity contribution in [1.82, 2.24) is 19.7 Å². The van der Waals surface area contributed by atoms with E-state index in [0.29, 0.717) is 19.0 Å². The van der Waals surface area contributed by atoms with Crippen LogP contribution in [0.4, 0.5) is 30.8 Å². The third-order valence-corrected chi connectivity index (χ3v) is 4.32. The van der Waals surface area contributed by atoms with Gasteiger partial charge < -0.3 is 15.4 Å². The van der Waals surface area contributed by atoms with Gasteiger partial charge in [0, 0.05) is 32.5 Å². The van der Waals surface area contributed by atoms with Crippen molar-refractivity contribution in [3.05, 3.63) is 23.5 Å². The number of alkyl halides is 3. The highest BCUT2D eigenvalue weighted by molar-refractivity contribution is 5.54. The molecular weight excluding hydrogens is 349 g/mol. The lowest BCUT2D eigenvalue weighted by Crippen LogP contribution is -2.20. The van der Waals surface area contributed by atoms with Crippen LogP contribution in [0.2, 0.25) is 0 Å². The Kier molecular flexibility index (Phi) is 4.78. The van der Waals surface area contributed by atoms with Gasteiger partial charge >= 0.3 is 6.18 Å². The summed E-state index contributed by atoms with van der Waals surface area (Å²) in [7, 11) is 1.74. The number of aromatic nitrogens is 4. The van der Waals surface area contributed by atoms with Gasteiger partial charge in [0.2, 0.25) is 5.95 Å². The molecule has 2 aromatic rings. The maximum Gasteiger partial charge on any atom is 0.421 e. The summed E-state index contributed by atoms with van der Waals surface area (Å²) in [4.78, 5) is 7.76. The number of aryl methyl sites for hydroxylation is 1. The van der Waals surface area contributed by atoms with E-state index in [-0.39, 0.29) is 11.8 Å². The van der Waals surface area contributed by atoms with E-state index in [0.717, 1.165) is 24.7 Å². The van der Waals surface area contributed by atoms with Gasteiger partial charge in [0.15, 0.2) is 0 Å². The molecule has 142 valence electrons. The normalized spacial score (nSPS) is 20.4. The fraction of sp³-hybridized carbons (Fsp3) is 0.562. The Bertz CT molecular complexity index is 783. The molecule has 3 heterocycles. The lowest BCUT2D eigenvalue weighted by molar-refractivity contribution is -0.137. The molecule has 0 saturated carbocycles. The van der Waals surface area contributed by atoms with Gasteiger partial charge in [-0.05, 0) is 26.7 Å². The first-order valence-electron chi connectivity index (χ1n) is 8.36. The minimum absolute atomic E-state index is 0.0565. The molecule has 0 aliphatic carbocycles.